The molecule has 8 fully saturated rings. The molecule has 76 heteroatoms. The topological polar surface area (TPSA) is 933 Å². The fourth-order valence-corrected chi connectivity index (χ4v) is 21.2. The van der Waals surface area contributed by atoms with Crippen molar-refractivity contribution in [2.45, 2.75) is 142 Å². The number of aromatic nitrogens is 20. The molecule has 18 heterocycles. The van der Waals surface area contributed by atoms with E-state index in [4.69, 9.17) is 111 Å². The number of imidazole rings is 5. The largest absolute Gasteiger partial charge is 1.00 e. The molecule has 18 rings (SSSR count). The Balaban J connectivity index is 0.000000163. The zero-order valence-electron chi connectivity index (χ0n) is 70.6. The SMILES string of the molecule is COC1OC2[C@@H](O1)[C@@H](CO)O[C@H]2n1cnc2c(N)ncnc21.COC1OC2[C@@H](O1)[C@@H](COP(=O)(O)CCl)O[C@H]2n1cnc2c(N)ncnc21.COC1OC2[C@@H](O1)[C@@H](COS(=O)(=O)CS(=O)(=O)[O-])O[C@H]2n1cnc2c(N)ncnc21.Nc1ncnc2c1ncn2[C@@H]1O[C@H](COP(=O)([O-])CS(=O)(=O)[O-])[C@H](O)C1O.Nc1ncnc2c1ncn2[C@@H]1O[C@H](COS(=O)(=O)CS(=O)(=O)[O-])[C@H](O)C1O.[Na+].[Na+].[Na+]. The van der Waals surface area contributed by atoms with Crippen LogP contribution < -0.4 is 122 Å². The van der Waals surface area contributed by atoms with Crippen LogP contribution in [0.15, 0.2) is 63.3 Å². The van der Waals surface area contributed by atoms with Crippen molar-refractivity contribution >= 4 is 162 Å². The number of ether oxygens (including phenoxy) is 14. The summed E-state index contributed by atoms with van der Waals surface area (Å²) in [6, 6.07) is 0. The summed E-state index contributed by atoms with van der Waals surface area (Å²) in [5.41, 5.74) is 29.8. The number of nitrogens with zero attached hydrogens (tertiary/aromatic N) is 20. The number of aliphatic hydroxyl groups is 5. The fraction of sp³-hybridized carbons (Fsp3) is 0.583. The molecule has 8 aliphatic heterocycles. The minimum atomic E-state index is -5.08. The molecule has 0 saturated carbocycles. The Morgan fingerprint density at radius 3 is 0.941 bits per heavy atom. The Kier molecular flexibility index (Phi) is 36.5. The van der Waals surface area contributed by atoms with Crippen molar-refractivity contribution < 1.29 is 273 Å². The van der Waals surface area contributed by atoms with Gasteiger partial charge in [-0.2, -0.15) is 16.8 Å². The summed E-state index contributed by atoms with van der Waals surface area (Å²) in [7, 11) is -29.2. The third kappa shape index (κ3) is 25.3. The Morgan fingerprint density at radius 2 is 0.647 bits per heavy atom. The van der Waals surface area contributed by atoms with Crippen LogP contribution in [0.5, 0.6) is 0 Å². The minimum absolute atomic E-state index is 0. The summed E-state index contributed by atoms with van der Waals surface area (Å²) in [5, 5.41) is 46.5. The Morgan fingerprint density at radius 1 is 0.382 bits per heavy atom. The van der Waals surface area contributed by atoms with Gasteiger partial charge in [0.05, 0.1) is 64.7 Å². The van der Waals surface area contributed by atoms with Crippen molar-refractivity contribution in [1.29, 1.82) is 0 Å². The van der Waals surface area contributed by atoms with Crippen LogP contribution in [0.1, 0.15) is 31.1 Å². The van der Waals surface area contributed by atoms with Crippen LogP contribution in [0.3, 0.4) is 0 Å². The van der Waals surface area contributed by atoms with E-state index in [1.54, 1.807) is 15.5 Å². The Labute approximate surface area is 835 Å². The molecule has 10 aromatic heterocycles. The average Bonchev–Trinajstić information content (AvgIpc) is 2.29. The van der Waals surface area contributed by atoms with Gasteiger partial charge in [-0.05, 0) is 0 Å². The van der Waals surface area contributed by atoms with Crippen molar-refractivity contribution in [2.75, 3.05) is 104 Å². The quantitative estimate of drug-likeness (QED) is 0.00713. The van der Waals surface area contributed by atoms with Crippen molar-refractivity contribution in [2.24, 2.45) is 0 Å². The Bertz CT molecular complexity index is 6590. The van der Waals surface area contributed by atoms with Crippen LogP contribution in [0.25, 0.3) is 55.8 Å². The van der Waals surface area contributed by atoms with Gasteiger partial charge in [-0.1, -0.05) is 0 Å². The second-order valence-electron chi connectivity index (χ2n) is 28.7. The number of fused-ring (bicyclic) bond motifs is 8. The third-order valence-electron chi connectivity index (χ3n) is 19.9. The van der Waals surface area contributed by atoms with Crippen LogP contribution >= 0.6 is 26.8 Å². The maximum Gasteiger partial charge on any atom is 1.00 e. The van der Waals surface area contributed by atoms with E-state index in [-0.39, 0.29) is 153 Å². The van der Waals surface area contributed by atoms with E-state index in [2.05, 4.69) is 87.6 Å². The number of aliphatic hydroxyl groups excluding tert-OH is 5. The molecular formula is C60H76ClN25Na3O40P2S5-. The first-order valence-corrected chi connectivity index (χ1v) is 49.4. The zero-order valence-corrected chi connectivity index (χ0v) is 83.3. The van der Waals surface area contributed by atoms with Crippen molar-refractivity contribution in [3.05, 3.63) is 63.3 Å². The molecule has 732 valence electrons. The summed E-state index contributed by atoms with van der Waals surface area (Å²) in [6.07, 6.45) is -6.19. The number of rotatable bonds is 28. The molecule has 25 atom stereocenters. The van der Waals surface area contributed by atoms with E-state index < -0.39 is 249 Å². The molecular weight excluding hydrogens is 2040 g/mol. The number of nitrogen functional groups attached to an aromatic ring is 5. The number of hydrogen-bond donors (Lipinski definition) is 11. The van der Waals surface area contributed by atoms with E-state index in [1.807, 2.05) is 0 Å². The number of hydrogen-bond acceptors (Lipinski definition) is 59. The van der Waals surface area contributed by atoms with Gasteiger partial charge in [0, 0.05) is 21.3 Å². The Hall–Kier alpha value is -5.87. The smallest absolute Gasteiger partial charge is 0.778 e. The third-order valence-corrected chi connectivity index (χ3v) is 30.4. The minimum Gasteiger partial charge on any atom is -0.778 e. The molecule has 0 radical (unpaired) electrons. The molecule has 8 saturated heterocycles. The maximum absolute atomic E-state index is 11.7. The monoisotopic (exact) mass is 2110 g/mol. The van der Waals surface area contributed by atoms with Gasteiger partial charge >= 0.3 is 96.3 Å². The second-order valence-corrected chi connectivity index (χ2v) is 41.7. The van der Waals surface area contributed by atoms with Crippen molar-refractivity contribution in [3.8, 4) is 0 Å². The standard InChI is InChI=1S/C13H17ClN5O7P.C13H17N5O10S2.C12H15N5O5.C11H16N5O9PS.C11H15N5O9S2.3Na/c1-22-13-25-8-6(2-23-27(20,21)3-14)24-12(9(8)26-13)19-5-18-7-10(15)16-4-17-11(7)19;1-24-13-27-8-6(2-25-30(22,23)5-29(19,20)21)26-12(9(8)28-13)18-4-17-7-10(14)15-3-16-11(7)18;1-19-12-21-7-5(2-18)20-11(8(7)22-12)17-4-16-6-9(13)14-3-15-10(6)17;12-9-6-10(14-2-13-9)16(3-15-6)11-8(18)7(17)5(25-11)1-24-26(19,20)4-27(21,22)23;12-9-6-10(14-2-13-9)16(3-15-6)11-8(18)7(17)5(25-11)1-24-27(22,23)4-26(19,20)21;;;/h4-6,8-9,12-13H,2-3H2,1H3,(H,20,21)(H2,15,16,17);3-4,6,8-9,12-13H,2,5H2,1H3,(H2,14,15,16)(H,19,20,21);3-5,7-8,11-12,18H,2H2,1H3,(H2,13,14,15);2-3,5,7-8,11,17-18H,1,4H2,(H,19,20)(H2,12,13,14)(H,21,22,23);2-3,5,7-8,11,17-18H,1,4H2,(H2,12,13,14)(H,19,20,21);;;/q;;;;;3*+1/p-4/t2*6-,8+,9?,12-,13?;5-,7+,8?,11-,12?;2*5-,7+,8?,11-;;;/m11111.../s1. The van der Waals surface area contributed by atoms with E-state index in [0.717, 1.165) is 12.7 Å². The van der Waals surface area contributed by atoms with E-state index in [0.29, 0.717) is 33.5 Å². The van der Waals surface area contributed by atoms with Crippen LogP contribution in [0.4, 0.5) is 29.1 Å². The van der Waals surface area contributed by atoms with Gasteiger partial charge in [0.1, 0.15) is 200 Å². The van der Waals surface area contributed by atoms with Gasteiger partial charge in [0.25, 0.3) is 39.7 Å². The molecule has 8 aliphatic rings. The molecule has 136 heavy (non-hydrogen) atoms. The van der Waals surface area contributed by atoms with Gasteiger partial charge < -0.3 is 158 Å². The first kappa shape index (κ1) is 111. The van der Waals surface area contributed by atoms with Crippen LogP contribution in [-0.4, -0.2) is 370 Å². The molecule has 10 unspecified atom stereocenters. The number of halogens is 1. The zero-order chi connectivity index (χ0) is 96.1. The van der Waals surface area contributed by atoms with Gasteiger partial charge in [-0.3, -0.25) is 35.8 Å². The molecule has 0 spiro atoms. The summed E-state index contributed by atoms with van der Waals surface area (Å²) in [6.45, 7) is -5.42. The van der Waals surface area contributed by atoms with Crippen molar-refractivity contribution in [3.63, 3.8) is 0 Å². The summed E-state index contributed by atoms with van der Waals surface area (Å²) in [5.74, 6) is 0.830. The van der Waals surface area contributed by atoms with Gasteiger partial charge in [-0.25, -0.2) is 100 Å². The summed E-state index contributed by atoms with van der Waals surface area (Å²) < 4.78 is 268. The number of nitrogens with two attached hydrogens (primary N) is 5. The molecule has 0 aromatic carbocycles. The molecule has 0 aliphatic carbocycles. The second kappa shape index (κ2) is 45.0. The average molecular weight is 2110 g/mol. The molecule has 65 nitrogen and oxygen atoms in total. The number of alkyl halides is 1. The summed E-state index contributed by atoms with van der Waals surface area (Å²) >= 11 is 5.43. The number of methoxy groups -OCH3 is 3. The number of anilines is 5. The van der Waals surface area contributed by atoms with Crippen LogP contribution in [-0.2, 0) is 143 Å². The maximum atomic E-state index is 11.7. The molecule has 0 amide bonds. The van der Waals surface area contributed by atoms with Gasteiger partial charge in [0.2, 0.25) is 0 Å². The predicted molar refractivity (Wildman–Crippen MR) is 424 cm³/mol. The molecule has 0 bridgehead atoms. The predicted octanol–water partition coefficient (Wildman–Crippen LogP) is -17.7. The molecule has 10 aromatic rings. The molecule has 16 N–H and O–H groups in total. The van der Waals surface area contributed by atoms with Gasteiger partial charge in [0.15, 0.2) is 98.6 Å². The first-order valence-electron chi connectivity index (χ1n) is 37.5. The van der Waals surface area contributed by atoms with E-state index >= 15 is 0 Å². The normalized spacial score (nSPS) is 29.5. The first-order chi connectivity index (χ1) is 62.7. The van der Waals surface area contributed by atoms with Crippen LogP contribution in [0, 0.1) is 0 Å². The van der Waals surface area contributed by atoms with Gasteiger partial charge in [-0.15, -0.1) is 11.6 Å². The van der Waals surface area contributed by atoms with E-state index in [1.165, 1.54) is 79.3 Å². The van der Waals surface area contributed by atoms with Crippen LogP contribution in [0.2, 0.25) is 0 Å². The van der Waals surface area contributed by atoms with Crippen molar-refractivity contribution in [1.82, 2.24) is 97.6 Å². The fourth-order valence-electron chi connectivity index (χ4n) is 14.2. The van der Waals surface area contributed by atoms with E-state index in [9.17, 15) is 100 Å². The summed E-state index contributed by atoms with van der Waals surface area (Å²) in [4.78, 5) is 81.2.